The van der Waals surface area contributed by atoms with Gasteiger partial charge >= 0.3 is 64.6 Å². The van der Waals surface area contributed by atoms with E-state index < -0.39 is 5.58 Å². The minimum atomic E-state index is -0.569. The summed E-state index contributed by atoms with van der Waals surface area (Å²) in [5.41, 5.74) is -0.569. The first-order chi connectivity index (χ1) is 21.5. The van der Waals surface area contributed by atoms with Gasteiger partial charge in [-0.05, 0) is 98.7 Å². The van der Waals surface area contributed by atoms with Crippen LogP contribution < -0.4 is 42.5 Å². The van der Waals surface area contributed by atoms with E-state index in [2.05, 4.69) is 102 Å². The third-order valence-electron chi connectivity index (χ3n) is 13.8. The van der Waals surface area contributed by atoms with Gasteiger partial charge in [0.25, 0.3) is 0 Å². The Bertz CT molecular complexity index is 773. The molecular formula is C32H56GaI3N8. The van der Waals surface area contributed by atoms with Crippen LogP contribution in [-0.4, -0.2) is 54.9 Å². The van der Waals surface area contributed by atoms with Gasteiger partial charge in [-0.1, -0.05) is 51.4 Å². The van der Waals surface area contributed by atoms with Crippen LogP contribution in [0.25, 0.3) is 0 Å². The van der Waals surface area contributed by atoms with Crippen molar-refractivity contribution in [2.45, 2.75) is 152 Å². The zero-order valence-corrected chi connectivity index (χ0v) is 35.2. The fourth-order valence-corrected chi connectivity index (χ4v) is 12.0. The molecule has 0 aromatic carbocycles. The van der Waals surface area contributed by atoms with Gasteiger partial charge in [-0.3, -0.25) is 42.5 Å². The molecule has 5 saturated heterocycles. The van der Waals surface area contributed by atoms with Crippen molar-refractivity contribution in [3.05, 3.63) is 0 Å². The van der Waals surface area contributed by atoms with E-state index >= 15 is 0 Å². The second-order valence-electron chi connectivity index (χ2n) is 15.9. The van der Waals surface area contributed by atoms with Crippen LogP contribution >= 0.6 is 59.0 Å². The molecule has 8 N–H and O–H groups in total. The third-order valence-corrected chi connectivity index (χ3v) is 13.8. The summed E-state index contributed by atoms with van der Waals surface area (Å²) in [6.07, 6.45) is 25.6. The summed E-state index contributed by atoms with van der Waals surface area (Å²) in [5.74, 6) is 5.97. The first kappa shape index (κ1) is 33.6. The fourth-order valence-electron chi connectivity index (χ4n) is 12.0. The van der Waals surface area contributed by atoms with Gasteiger partial charge in [0.1, 0.15) is 0 Å². The van der Waals surface area contributed by atoms with E-state index in [0.29, 0.717) is 49.3 Å². The summed E-state index contributed by atoms with van der Waals surface area (Å²) in [6, 6.07) is 0. The van der Waals surface area contributed by atoms with Crippen molar-refractivity contribution in [1.29, 1.82) is 0 Å². The Kier molecular flexibility index (Phi) is 11.5. The Morgan fingerprint density at radius 1 is 0.273 bits per heavy atom. The van der Waals surface area contributed by atoms with Gasteiger partial charge in [0, 0.05) is 0 Å². The summed E-state index contributed by atoms with van der Waals surface area (Å²) >= 11 is 7.51. The van der Waals surface area contributed by atoms with Crippen molar-refractivity contribution < 1.29 is 0 Å². The molecular weight excluding hydrogens is 947 g/mol. The summed E-state index contributed by atoms with van der Waals surface area (Å²) in [7, 11) is 0. The van der Waals surface area contributed by atoms with Gasteiger partial charge < -0.3 is 0 Å². The van der Waals surface area contributed by atoms with Crippen molar-refractivity contribution >= 4 is 64.6 Å². The Labute approximate surface area is 303 Å². The monoisotopic (exact) mass is 1000 g/mol. The van der Waals surface area contributed by atoms with Crippen molar-refractivity contribution in [1.82, 2.24) is 42.5 Å². The molecule has 8 unspecified atom stereocenters. The van der Waals surface area contributed by atoms with Crippen LogP contribution in [0.2, 0.25) is 0 Å². The van der Waals surface area contributed by atoms with Gasteiger partial charge in [-0.25, -0.2) is 0 Å². The third kappa shape index (κ3) is 6.90. The molecule has 8 nitrogen and oxygen atoms in total. The predicted octanol–water partition coefficient (Wildman–Crippen LogP) is 4.88. The number of hydrogen-bond acceptors (Lipinski definition) is 8. The summed E-state index contributed by atoms with van der Waals surface area (Å²) in [6.45, 7) is 0. The van der Waals surface area contributed by atoms with Crippen molar-refractivity contribution in [3.63, 3.8) is 0 Å². The van der Waals surface area contributed by atoms with Crippen LogP contribution in [-0.2, 0) is 0 Å². The second-order valence-corrected chi connectivity index (χ2v) is 73.5. The maximum absolute atomic E-state index is 4.26. The average Bonchev–Trinajstić information content (AvgIpc) is 3.76. The zero-order valence-electron chi connectivity index (χ0n) is 26.3. The van der Waals surface area contributed by atoms with Gasteiger partial charge in [-0.2, -0.15) is 0 Å². The quantitative estimate of drug-likeness (QED) is 0.129. The van der Waals surface area contributed by atoms with Gasteiger partial charge in [0.05, 0.1) is 49.3 Å². The average molecular weight is 1000 g/mol. The first-order valence-corrected chi connectivity index (χ1v) is 40.7. The van der Waals surface area contributed by atoms with Crippen LogP contribution in [0.4, 0.5) is 0 Å². The molecule has 12 heteroatoms. The molecule has 0 radical (unpaired) electrons. The van der Waals surface area contributed by atoms with E-state index in [-0.39, 0.29) is 0 Å². The molecule has 9 aliphatic rings. The molecule has 0 aromatic rings. The Hall–Kier alpha value is 2.51. The van der Waals surface area contributed by atoms with E-state index in [1.165, 1.54) is 103 Å². The Morgan fingerprint density at radius 2 is 0.386 bits per heavy atom. The van der Waals surface area contributed by atoms with Crippen molar-refractivity contribution in [2.75, 3.05) is 0 Å². The predicted molar refractivity (Wildman–Crippen MR) is 205 cm³/mol. The van der Waals surface area contributed by atoms with Crippen LogP contribution in [0.5, 0.6) is 0 Å². The molecule has 9 rings (SSSR count). The molecule has 5 aliphatic heterocycles. The van der Waals surface area contributed by atoms with Crippen LogP contribution in [0.1, 0.15) is 103 Å². The van der Waals surface area contributed by atoms with Crippen molar-refractivity contribution in [2.24, 2.45) is 47.3 Å². The Balaban J connectivity index is 0.000000684. The fraction of sp³-hybridized carbons (Fsp3) is 1.00. The number of hydrogen-bond donors (Lipinski definition) is 8. The number of rotatable bonds is 0. The topological polar surface area (TPSA) is 96.2 Å². The van der Waals surface area contributed by atoms with Crippen LogP contribution in [0, 0.1) is 47.3 Å². The summed E-state index contributed by atoms with van der Waals surface area (Å²) < 4.78 is 0. The molecule has 9 fully saturated rings. The van der Waals surface area contributed by atoms with E-state index in [4.69, 9.17) is 0 Å². The molecule has 44 heavy (non-hydrogen) atoms. The normalized spacial score (nSPS) is 53.0. The molecule has 8 bridgehead atoms. The molecule has 0 amide bonds. The van der Waals surface area contributed by atoms with Crippen molar-refractivity contribution in [3.8, 4) is 0 Å². The SMILES string of the molecule is C1CCC2C3NC(NC4NC(NC5NC(NC6NC(N3)C3CCCCC63)C3CCCCC53)C3CCCCC43)C2C1.[I][Ga]([I])[I]. The molecule has 4 saturated carbocycles. The molecule has 5 heterocycles. The second kappa shape index (κ2) is 15.0. The first-order valence-electron chi connectivity index (χ1n) is 18.5. The van der Waals surface area contributed by atoms with E-state index in [1.54, 1.807) is 0 Å². The zero-order chi connectivity index (χ0) is 29.8. The maximum atomic E-state index is 4.26. The molecule has 8 atom stereocenters. The molecule has 4 aliphatic carbocycles. The van der Waals surface area contributed by atoms with Gasteiger partial charge in [0.15, 0.2) is 0 Å². The number of halogens is 3. The standard InChI is InChI=1S/C32H56N8.Ga.3HI/c1-2-10-18-17(9-1)25-33-26(18)38-28-21-13-5-6-14-22(21)30(35-28)40-32-24-16-8-7-15-23(24)31(36-32)39-29-20-12-4-3-11-19(20)27(34-29)37-25;;;;/h17-40H,1-16H2;;3*1H/q;+3;;;/p-3. The van der Waals surface area contributed by atoms with E-state index in [0.717, 1.165) is 47.3 Å². The molecule has 248 valence electrons. The number of fused-ring (bicyclic) bond motifs is 20. The minimum absolute atomic E-state index is 0.420. The van der Waals surface area contributed by atoms with Crippen LogP contribution in [0.3, 0.4) is 0 Å². The van der Waals surface area contributed by atoms with Gasteiger partial charge in [-0.15, -0.1) is 0 Å². The summed E-state index contributed by atoms with van der Waals surface area (Å²) in [5, 5.41) is 33.8. The molecule has 0 aromatic heterocycles. The van der Waals surface area contributed by atoms with Gasteiger partial charge in [0.2, 0.25) is 0 Å². The van der Waals surface area contributed by atoms with Crippen LogP contribution in [0.15, 0.2) is 0 Å². The number of nitrogens with one attached hydrogen (secondary N) is 8. The van der Waals surface area contributed by atoms with E-state index in [9.17, 15) is 0 Å². The summed E-state index contributed by atoms with van der Waals surface area (Å²) in [4.78, 5) is 0. The van der Waals surface area contributed by atoms with E-state index in [1.807, 2.05) is 0 Å². The molecule has 0 spiro atoms. The Morgan fingerprint density at radius 3 is 0.500 bits per heavy atom.